The number of hydrogen-bond acceptors (Lipinski definition) is 3. The van der Waals surface area contributed by atoms with Crippen molar-refractivity contribution in [1.29, 1.82) is 5.41 Å². The Hall–Kier alpha value is -1.79. The molecular weight excluding hydrogens is 380 g/mol. The van der Waals surface area contributed by atoms with E-state index >= 15 is 0 Å². The van der Waals surface area contributed by atoms with Crippen LogP contribution in [0.4, 0.5) is 0 Å². The van der Waals surface area contributed by atoms with Crippen molar-refractivity contribution in [1.82, 2.24) is 10.2 Å². The first-order valence-corrected chi connectivity index (χ1v) is 12.0. The lowest BCUT2D eigenvalue weighted by Crippen LogP contribution is -2.43. The van der Waals surface area contributed by atoms with Crippen LogP contribution in [0.1, 0.15) is 110 Å². The number of amides is 1. The minimum Gasteiger partial charge on any atom is -0.480 e. The third kappa shape index (κ3) is 16.1. The number of nitrogens with two attached hydrogens (primary N) is 1. The molecule has 5 N–H and O–H groups in total. The molecule has 0 radical (unpaired) electrons. The van der Waals surface area contributed by atoms with Crippen LogP contribution < -0.4 is 11.1 Å². The molecule has 0 saturated heterocycles. The number of aliphatic carboxylic acids is 1. The van der Waals surface area contributed by atoms with E-state index in [9.17, 15) is 14.7 Å². The number of unbranched alkanes of at least 4 members (excludes halogenated alkanes) is 12. The first-order valence-electron chi connectivity index (χ1n) is 12.0. The van der Waals surface area contributed by atoms with Gasteiger partial charge in [-0.25, -0.2) is 4.79 Å². The molecular formula is C23H46N4O3. The average Bonchev–Trinajstić information content (AvgIpc) is 2.70. The van der Waals surface area contributed by atoms with Gasteiger partial charge in [-0.2, -0.15) is 0 Å². The van der Waals surface area contributed by atoms with Gasteiger partial charge in [0.2, 0.25) is 5.91 Å². The number of carbonyl (C=O) groups is 2. The van der Waals surface area contributed by atoms with Gasteiger partial charge in [0.1, 0.15) is 6.04 Å². The molecule has 0 aromatic carbocycles. The summed E-state index contributed by atoms with van der Waals surface area (Å²) in [4.78, 5) is 25.2. The van der Waals surface area contributed by atoms with Crippen molar-refractivity contribution in [3.63, 3.8) is 0 Å². The molecule has 1 atom stereocenters. The van der Waals surface area contributed by atoms with Gasteiger partial charge in [-0.3, -0.25) is 10.2 Å². The number of carboxylic acids is 1. The summed E-state index contributed by atoms with van der Waals surface area (Å²) in [5, 5.41) is 19.2. The summed E-state index contributed by atoms with van der Waals surface area (Å²) in [5.41, 5.74) is 5.21. The van der Waals surface area contributed by atoms with Crippen molar-refractivity contribution in [2.75, 3.05) is 13.6 Å². The second-order valence-electron chi connectivity index (χ2n) is 8.33. The second kappa shape index (κ2) is 19.2. The van der Waals surface area contributed by atoms with Gasteiger partial charge in [0.05, 0.1) is 0 Å². The molecule has 0 spiro atoms. The number of guanidine groups is 1. The lowest BCUT2D eigenvalue weighted by Gasteiger charge is -2.25. The fraction of sp³-hybridized carbons (Fsp3) is 0.870. The summed E-state index contributed by atoms with van der Waals surface area (Å²) in [6, 6.07) is -0.826. The van der Waals surface area contributed by atoms with E-state index < -0.39 is 12.0 Å². The predicted octanol–water partition coefficient (Wildman–Crippen LogP) is 4.64. The summed E-state index contributed by atoms with van der Waals surface area (Å²) in [6.07, 6.45) is 17.6. The second-order valence-corrected chi connectivity index (χ2v) is 8.33. The number of hydrogen-bond donors (Lipinski definition) is 4. The molecule has 30 heavy (non-hydrogen) atoms. The highest BCUT2D eigenvalue weighted by Gasteiger charge is 2.25. The van der Waals surface area contributed by atoms with Crippen LogP contribution in [0.25, 0.3) is 0 Å². The smallest absolute Gasteiger partial charge is 0.326 e. The zero-order chi connectivity index (χ0) is 22.6. The number of carboxylic acid groups (broad SMARTS) is 1. The molecule has 0 aromatic rings. The molecule has 1 amide bonds. The Labute approximate surface area is 183 Å². The first-order chi connectivity index (χ1) is 14.4. The maximum atomic E-state index is 12.3. The molecule has 0 fully saturated rings. The third-order valence-electron chi connectivity index (χ3n) is 5.61. The van der Waals surface area contributed by atoms with Crippen molar-refractivity contribution in [3.8, 4) is 0 Å². The van der Waals surface area contributed by atoms with Crippen molar-refractivity contribution >= 4 is 17.8 Å². The highest BCUT2D eigenvalue weighted by Crippen LogP contribution is 2.14. The van der Waals surface area contributed by atoms with Crippen LogP contribution in [0.5, 0.6) is 0 Å². The number of likely N-dealkylation sites (N-methyl/N-ethyl adjacent to an activating group) is 1. The standard InChI is InChI=1S/C23H46N4O3/c1-3-4-5-6-7-8-9-10-11-12-13-14-15-18-21(28)27(2)20(22(29)30)17-16-19-26-23(24)25/h20H,3-19H2,1-2H3,(H,29,30)(H4,24,25,26)/t20-/m0/s1. The van der Waals surface area contributed by atoms with Crippen LogP contribution in [0.2, 0.25) is 0 Å². The van der Waals surface area contributed by atoms with E-state index in [0.717, 1.165) is 19.3 Å². The maximum absolute atomic E-state index is 12.3. The Balaban J connectivity index is 3.75. The van der Waals surface area contributed by atoms with Gasteiger partial charge >= 0.3 is 5.97 Å². The van der Waals surface area contributed by atoms with Gasteiger partial charge in [0.25, 0.3) is 0 Å². The number of nitrogens with one attached hydrogen (secondary N) is 2. The Morgan fingerprint density at radius 2 is 1.37 bits per heavy atom. The van der Waals surface area contributed by atoms with E-state index in [4.69, 9.17) is 11.1 Å². The van der Waals surface area contributed by atoms with E-state index in [1.165, 1.54) is 69.1 Å². The van der Waals surface area contributed by atoms with Crippen molar-refractivity contribution in [2.24, 2.45) is 5.73 Å². The molecule has 0 aliphatic carbocycles. The zero-order valence-electron chi connectivity index (χ0n) is 19.4. The van der Waals surface area contributed by atoms with Crippen LogP contribution >= 0.6 is 0 Å². The van der Waals surface area contributed by atoms with Gasteiger partial charge in [-0.05, 0) is 19.3 Å². The monoisotopic (exact) mass is 426 g/mol. The molecule has 176 valence electrons. The number of rotatable bonds is 20. The summed E-state index contributed by atoms with van der Waals surface area (Å²) < 4.78 is 0. The van der Waals surface area contributed by atoms with Crippen molar-refractivity contribution in [3.05, 3.63) is 0 Å². The minimum atomic E-state index is -0.987. The van der Waals surface area contributed by atoms with E-state index in [1.54, 1.807) is 7.05 Å². The molecule has 0 aliphatic rings. The molecule has 0 saturated carbocycles. The van der Waals surface area contributed by atoms with E-state index in [2.05, 4.69) is 12.2 Å². The average molecular weight is 427 g/mol. The van der Waals surface area contributed by atoms with Gasteiger partial charge in [0.15, 0.2) is 5.96 Å². The van der Waals surface area contributed by atoms with Crippen LogP contribution in [0, 0.1) is 5.41 Å². The van der Waals surface area contributed by atoms with Gasteiger partial charge in [-0.15, -0.1) is 0 Å². The Morgan fingerprint density at radius 1 is 0.900 bits per heavy atom. The summed E-state index contributed by atoms with van der Waals surface area (Å²) in [6.45, 7) is 2.68. The van der Waals surface area contributed by atoms with E-state index in [0.29, 0.717) is 25.8 Å². The van der Waals surface area contributed by atoms with Gasteiger partial charge in [0, 0.05) is 20.0 Å². The Bertz CT molecular complexity index is 471. The van der Waals surface area contributed by atoms with Crippen LogP contribution in [-0.4, -0.2) is 47.5 Å². The molecule has 0 aliphatic heterocycles. The van der Waals surface area contributed by atoms with Crippen molar-refractivity contribution in [2.45, 2.75) is 116 Å². The highest BCUT2D eigenvalue weighted by atomic mass is 16.4. The fourth-order valence-corrected chi connectivity index (χ4v) is 3.65. The molecule has 0 aromatic heterocycles. The lowest BCUT2D eigenvalue weighted by atomic mass is 10.0. The minimum absolute atomic E-state index is 0.106. The largest absolute Gasteiger partial charge is 0.480 e. The zero-order valence-corrected chi connectivity index (χ0v) is 19.4. The molecule has 0 bridgehead atoms. The maximum Gasteiger partial charge on any atom is 0.326 e. The number of nitrogens with zero attached hydrogens (tertiary/aromatic N) is 1. The SMILES string of the molecule is CCCCCCCCCCCCCCCC(=O)N(C)[C@@H](CCCNC(=N)N)C(=O)O. The number of carbonyl (C=O) groups excluding carboxylic acids is 1. The normalized spacial score (nSPS) is 11.8. The van der Waals surface area contributed by atoms with Crippen LogP contribution in [-0.2, 0) is 9.59 Å². The van der Waals surface area contributed by atoms with E-state index in [1.807, 2.05) is 0 Å². The van der Waals surface area contributed by atoms with Crippen molar-refractivity contribution < 1.29 is 14.7 Å². The summed E-state index contributed by atoms with van der Waals surface area (Å²) >= 11 is 0. The highest BCUT2D eigenvalue weighted by molar-refractivity contribution is 5.83. The Morgan fingerprint density at radius 3 is 1.80 bits per heavy atom. The Kier molecular flexibility index (Phi) is 18.0. The predicted molar refractivity (Wildman–Crippen MR) is 124 cm³/mol. The van der Waals surface area contributed by atoms with Gasteiger partial charge in [-0.1, -0.05) is 84.0 Å². The summed E-state index contributed by atoms with van der Waals surface area (Å²) in [5.74, 6) is -1.22. The first kappa shape index (κ1) is 28.2. The van der Waals surface area contributed by atoms with Crippen LogP contribution in [0.3, 0.4) is 0 Å². The quantitative estimate of drug-likeness (QED) is 0.128. The molecule has 0 unspecified atom stereocenters. The third-order valence-corrected chi connectivity index (χ3v) is 5.61. The lowest BCUT2D eigenvalue weighted by molar-refractivity contribution is -0.149. The fourth-order valence-electron chi connectivity index (χ4n) is 3.65. The van der Waals surface area contributed by atoms with Crippen LogP contribution in [0.15, 0.2) is 0 Å². The summed E-state index contributed by atoms with van der Waals surface area (Å²) in [7, 11) is 1.57. The molecule has 0 rings (SSSR count). The molecule has 0 heterocycles. The molecule has 7 heteroatoms. The topological polar surface area (TPSA) is 120 Å². The van der Waals surface area contributed by atoms with E-state index in [-0.39, 0.29) is 11.9 Å². The van der Waals surface area contributed by atoms with Gasteiger partial charge < -0.3 is 21.1 Å². The molecule has 7 nitrogen and oxygen atoms in total.